The van der Waals surface area contributed by atoms with Crippen molar-refractivity contribution in [2.24, 2.45) is 0 Å². The quantitative estimate of drug-likeness (QED) is 0.846. The number of nitrogens with zero attached hydrogens (tertiary/aromatic N) is 2. The first-order valence-corrected chi connectivity index (χ1v) is 7.02. The molecule has 1 unspecified atom stereocenters. The summed E-state index contributed by atoms with van der Waals surface area (Å²) in [6.07, 6.45) is 0.168. The van der Waals surface area contributed by atoms with Crippen molar-refractivity contribution in [1.82, 2.24) is 9.97 Å². The first kappa shape index (κ1) is 15.4. The molecule has 0 fully saturated rings. The standard InChI is InChI=1S/C13H22BrN3O/c1-6-18-9(2)8-15-11-7-10(14)16-12(17-11)13(3,4)5/h7,9H,6,8H2,1-5H3,(H,15,16,17). The maximum Gasteiger partial charge on any atom is 0.137 e. The Bertz CT molecular complexity index is 390. The van der Waals surface area contributed by atoms with Gasteiger partial charge in [0.05, 0.1) is 6.10 Å². The summed E-state index contributed by atoms with van der Waals surface area (Å²) in [6, 6.07) is 1.88. The third-order valence-electron chi connectivity index (χ3n) is 2.39. The minimum atomic E-state index is -0.0637. The zero-order valence-electron chi connectivity index (χ0n) is 11.7. The van der Waals surface area contributed by atoms with Gasteiger partial charge in [0, 0.05) is 24.6 Å². The molecule has 102 valence electrons. The Kier molecular flexibility index (Phi) is 5.53. The summed E-state index contributed by atoms with van der Waals surface area (Å²) in [5, 5.41) is 3.28. The molecule has 0 spiro atoms. The van der Waals surface area contributed by atoms with E-state index in [1.165, 1.54) is 0 Å². The highest BCUT2D eigenvalue weighted by atomic mass is 79.9. The van der Waals surface area contributed by atoms with Gasteiger partial charge < -0.3 is 10.1 Å². The Morgan fingerprint density at radius 1 is 1.39 bits per heavy atom. The normalized spacial score (nSPS) is 13.4. The van der Waals surface area contributed by atoms with E-state index in [4.69, 9.17) is 4.74 Å². The van der Waals surface area contributed by atoms with Crippen LogP contribution in [0.4, 0.5) is 5.82 Å². The van der Waals surface area contributed by atoms with Crippen LogP contribution in [0.25, 0.3) is 0 Å². The summed E-state index contributed by atoms with van der Waals surface area (Å²) in [4.78, 5) is 8.93. The summed E-state index contributed by atoms with van der Waals surface area (Å²) in [5.41, 5.74) is -0.0637. The number of hydrogen-bond acceptors (Lipinski definition) is 4. The Balaban J connectivity index is 2.75. The van der Waals surface area contributed by atoms with Crippen LogP contribution < -0.4 is 5.32 Å². The fraction of sp³-hybridized carbons (Fsp3) is 0.692. The van der Waals surface area contributed by atoms with E-state index in [1.54, 1.807) is 0 Å². The van der Waals surface area contributed by atoms with Crippen molar-refractivity contribution < 1.29 is 4.74 Å². The first-order chi connectivity index (χ1) is 8.32. The van der Waals surface area contributed by atoms with E-state index in [2.05, 4.69) is 52.0 Å². The molecule has 1 heterocycles. The van der Waals surface area contributed by atoms with Gasteiger partial charge in [-0.1, -0.05) is 20.8 Å². The number of anilines is 1. The van der Waals surface area contributed by atoms with Crippen molar-refractivity contribution in [2.75, 3.05) is 18.5 Å². The molecule has 0 aliphatic heterocycles. The Hall–Kier alpha value is -0.680. The van der Waals surface area contributed by atoms with Crippen LogP contribution in [0.15, 0.2) is 10.7 Å². The molecule has 1 N–H and O–H groups in total. The van der Waals surface area contributed by atoms with Crippen LogP contribution >= 0.6 is 15.9 Å². The predicted molar refractivity (Wildman–Crippen MR) is 78.0 cm³/mol. The summed E-state index contributed by atoms with van der Waals surface area (Å²) in [5.74, 6) is 1.65. The lowest BCUT2D eigenvalue weighted by atomic mass is 9.96. The number of aromatic nitrogens is 2. The second-order valence-corrected chi connectivity index (χ2v) is 6.11. The largest absolute Gasteiger partial charge is 0.377 e. The zero-order valence-corrected chi connectivity index (χ0v) is 13.3. The van der Waals surface area contributed by atoms with Crippen LogP contribution in [-0.4, -0.2) is 29.2 Å². The van der Waals surface area contributed by atoms with Gasteiger partial charge in [0.1, 0.15) is 16.2 Å². The Morgan fingerprint density at radius 3 is 2.61 bits per heavy atom. The molecule has 0 aliphatic rings. The van der Waals surface area contributed by atoms with Gasteiger partial charge in [-0.25, -0.2) is 9.97 Å². The summed E-state index contributed by atoms with van der Waals surface area (Å²) in [6.45, 7) is 11.8. The van der Waals surface area contributed by atoms with E-state index in [0.29, 0.717) is 0 Å². The second kappa shape index (κ2) is 6.48. The molecule has 0 saturated carbocycles. The van der Waals surface area contributed by atoms with Crippen molar-refractivity contribution in [2.45, 2.75) is 46.1 Å². The lowest BCUT2D eigenvalue weighted by Gasteiger charge is -2.19. The molecule has 0 aromatic carbocycles. The van der Waals surface area contributed by atoms with Crippen LogP contribution in [0, 0.1) is 0 Å². The Labute approximate surface area is 118 Å². The maximum absolute atomic E-state index is 5.47. The van der Waals surface area contributed by atoms with E-state index in [1.807, 2.05) is 19.9 Å². The molecule has 0 radical (unpaired) electrons. The van der Waals surface area contributed by atoms with Gasteiger partial charge in [-0.3, -0.25) is 0 Å². The highest BCUT2D eigenvalue weighted by Crippen LogP contribution is 2.22. The third-order valence-corrected chi connectivity index (χ3v) is 2.79. The molecule has 0 aliphatic carbocycles. The lowest BCUT2D eigenvalue weighted by molar-refractivity contribution is 0.0855. The SMILES string of the molecule is CCOC(C)CNc1cc(Br)nc(C(C)(C)C)n1. The van der Waals surface area contributed by atoms with E-state index in [-0.39, 0.29) is 11.5 Å². The van der Waals surface area contributed by atoms with Gasteiger partial charge in [-0.2, -0.15) is 0 Å². The van der Waals surface area contributed by atoms with Crippen molar-refractivity contribution in [3.8, 4) is 0 Å². The molecule has 1 atom stereocenters. The molecular formula is C13H22BrN3O. The molecule has 0 bridgehead atoms. The topological polar surface area (TPSA) is 47.0 Å². The average molecular weight is 316 g/mol. The summed E-state index contributed by atoms with van der Waals surface area (Å²) in [7, 11) is 0. The number of nitrogens with one attached hydrogen (secondary N) is 1. The number of halogens is 1. The summed E-state index contributed by atoms with van der Waals surface area (Å²) >= 11 is 3.42. The van der Waals surface area contributed by atoms with Gasteiger partial charge >= 0.3 is 0 Å². The highest BCUT2D eigenvalue weighted by molar-refractivity contribution is 9.10. The maximum atomic E-state index is 5.47. The average Bonchev–Trinajstić information content (AvgIpc) is 2.25. The van der Waals surface area contributed by atoms with E-state index >= 15 is 0 Å². The molecule has 1 aromatic heterocycles. The van der Waals surface area contributed by atoms with Gasteiger partial charge in [0.2, 0.25) is 0 Å². The van der Waals surface area contributed by atoms with Gasteiger partial charge in [-0.05, 0) is 29.8 Å². The van der Waals surface area contributed by atoms with Crippen molar-refractivity contribution in [3.05, 3.63) is 16.5 Å². The fourth-order valence-corrected chi connectivity index (χ4v) is 1.82. The van der Waals surface area contributed by atoms with E-state index in [0.717, 1.165) is 29.4 Å². The van der Waals surface area contributed by atoms with Crippen molar-refractivity contribution in [1.29, 1.82) is 0 Å². The third kappa shape index (κ3) is 4.90. The fourth-order valence-electron chi connectivity index (χ4n) is 1.44. The zero-order chi connectivity index (χ0) is 13.8. The molecule has 1 aromatic rings. The van der Waals surface area contributed by atoms with Crippen molar-refractivity contribution >= 4 is 21.7 Å². The van der Waals surface area contributed by atoms with Crippen LogP contribution in [0.3, 0.4) is 0 Å². The molecule has 18 heavy (non-hydrogen) atoms. The van der Waals surface area contributed by atoms with Gasteiger partial charge in [0.25, 0.3) is 0 Å². The molecule has 5 heteroatoms. The van der Waals surface area contributed by atoms with Gasteiger partial charge in [0.15, 0.2) is 0 Å². The van der Waals surface area contributed by atoms with E-state index in [9.17, 15) is 0 Å². The Morgan fingerprint density at radius 2 is 2.06 bits per heavy atom. The van der Waals surface area contributed by atoms with Crippen LogP contribution in [-0.2, 0) is 10.2 Å². The van der Waals surface area contributed by atoms with E-state index < -0.39 is 0 Å². The van der Waals surface area contributed by atoms with Crippen LogP contribution in [0.1, 0.15) is 40.4 Å². The molecule has 4 nitrogen and oxygen atoms in total. The molecule has 1 rings (SSSR count). The van der Waals surface area contributed by atoms with Crippen molar-refractivity contribution in [3.63, 3.8) is 0 Å². The molecule has 0 amide bonds. The predicted octanol–water partition coefficient (Wildman–Crippen LogP) is 3.37. The monoisotopic (exact) mass is 315 g/mol. The van der Waals surface area contributed by atoms with Crippen LogP contribution in [0.2, 0.25) is 0 Å². The number of ether oxygens (including phenoxy) is 1. The second-order valence-electron chi connectivity index (χ2n) is 5.30. The lowest BCUT2D eigenvalue weighted by Crippen LogP contribution is -2.22. The smallest absolute Gasteiger partial charge is 0.137 e. The van der Waals surface area contributed by atoms with Crippen LogP contribution in [0.5, 0.6) is 0 Å². The van der Waals surface area contributed by atoms with Gasteiger partial charge in [-0.15, -0.1) is 0 Å². The summed E-state index contributed by atoms with van der Waals surface area (Å²) < 4.78 is 6.27. The number of hydrogen-bond donors (Lipinski definition) is 1. The molecule has 0 saturated heterocycles. The number of rotatable bonds is 5. The first-order valence-electron chi connectivity index (χ1n) is 6.23. The minimum Gasteiger partial charge on any atom is -0.377 e. The minimum absolute atomic E-state index is 0.0637. The highest BCUT2D eigenvalue weighted by Gasteiger charge is 2.18. The molecular weight excluding hydrogens is 294 g/mol.